The quantitative estimate of drug-likeness (QED) is 0.896. The Hall–Kier alpha value is -1.88. The van der Waals surface area contributed by atoms with Gasteiger partial charge in [-0.1, -0.05) is 6.07 Å². The highest BCUT2D eigenvalue weighted by Crippen LogP contribution is 2.23. The molecule has 1 amide bonds. The number of amides is 1. The molecule has 5 heteroatoms. The van der Waals surface area contributed by atoms with Crippen LogP contribution in [0.2, 0.25) is 0 Å². The first kappa shape index (κ1) is 13.1. The number of carbonyl (C=O) groups is 1. The Balaban J connectivity index is 1.85. The van der Waals surface area contributed by atoms with Gasteiger partial charge >= 0.3 is 0 Å². The summed E-state index contributed by atoms with van der Waals surface area (Å²) in [5.74, 6) is 0.111. The van der Waals surface area contributed by atoms with E-state index in [9.17, 15) is 4.79 Å². The normalized spacial score (nSPS) is 19.4. The Morgan fingerprint density at radius 1 is 1.45 bits per heavy atom. The van der Waals surface area contributed by atoms with Crippen LogP contribution in [-0.4, -0.2) is 40.1 Å². The molecule has 1 aliphatic rings. The fourth-order valence-electron chi connectivity index (χ4n) is 3.00. The number of hydrogen-bond acceptors (Lipinski definition) is 3. The fraction of sp³-hybridized carbons (Fsp3) is 0.467. The molecule has 0 spiro atoms. The second kappa shape index (κ2) is 5.63. The average molecular weight is 272 g/mol. The van der Waals surface area contributed by atoms with Crippen LogP contribution >= 0.6 is 0 Å². The summed E-state index contributed by atoms with van der Waals surface area (Å²) >= 11 is 0. The van der Waals surface area contributed by atoms with Crippen molar-refractivity contribution in [3.63, 3.8) is 0 Å². The lowest BCUT2D eigenvalue weighted by molar-refractivity contribution is 0.0605. The Morgan fingerprint density at radius 3 is 3.20 bits per heavy atom. The van der Waals surface area contributed by atoms with Gasteiger partial charge in [0.15, 0.2) is 0 Å². The number of nitrogens with two attached hydrogens (primary N) is 1. The van der Waals surface area contributed by atoms with Gasteiger partial charge in [0.05, 0.1) is 11.7 Å². The number of nitrogens with one attached hydrogen (secondary N) is 1. The van der Waals surface area contributed by atoms with E-state index in [-0.39, 0.29) is 5.91 Å². The molecule has 1 unspecified atom stereocenters. The lowest BCUT2D eigenvalue weighted by Gasteiger charge is -2.35. The van der Waals surface area contributed by atoms with Crippen LogP contribution in [0.1, 0.15) is 36.0 Å². The minimum Gasteiger partial charge on any atom is -0.336 e. The standard InChI is InChI=1S/C15H20N4O/c16-7-6-13-3-1-2-8-19(13)15(20)11-4-5-12-10-17-18-14(12)9-11/h4-5,9-10,13H,1-3,6-8,16H2,(H,17,18). The van der Waals surface area contributed by atoms with Crippen LogP contribution in [0.25, 0.3) is 10.9 Å². The van der Waals surface area contributed by atoms with E-state index in [1.54, 1.807) is 6.20 Å². The largest absolute Gasteiger partial charge is 0.336 e. The van der Waals surface area contributed by atoms with E-state index in [4.69, 9.17) is 5.73 Å². The molecule has 1 fully saturated rings. The van der Waals surface area contributed by atoms with Gasteiger partial charge in [-0.15, -0.1) is 0 Å². The maximum Gasteiger partial charge on any atom is 0.254 e. The van der Waals surface area contributed by atoms with Crippen molar-refractivity contribution in [2.24, 2.45) is 5.73 Å². The molecule has 2 aromatic rings. The van der Waals surface area contributed by atoms with E-state index in [0.717, 1.165) is 42.3 Å². The first-order valence-electron chi connectivity index (χ1n) is 7.24. The van der Waals surface area contributed by atoms with Crippen molar-refractivity contribution in [3.05, 3.63) is 30.0 Å². The molecule has 0 radical (unpaired) electrons. The Bertz CT molecular complexity index is 605. The van der Waals surface area contributed by atoms with Gasteiger partial charge in [0.2, 0.25) is 0 Å². The molecular formula is C15H20N4O. The molecule has 0 bridgehead atoms. The van der Waals surface area contributed by atoms with Gasteiger partial charge in [0.1, 0.15) is 0 Å². The molecule has 3 N–H and O–H groups in total. The SMILES string of the molecule is NCCC1CCCCN1C(=O)c1ccc2cn[nH]c2c1. The number of likely N-dealkylation sites (tertiary alicyclic amines) is 1. The molecule has 20 heavy (non-hydrogen) atoms. The number of hydrogen-bond donors (Lipinski definition) is 2. The highest BCUT2D eigenvalue weighted by molar-refractivity contribution is 5.97. The average Bonchev–Trinajstić information content (AvgIpc) is 2.95. The zero-order valence-corrected chi connectivity index (χ0v) is 11.5. The van der Waals surface area contributed by atoms with Gasteiger partial charge in [-0.05, 0) is 44.4 Å². The maximum absolute atomic E-state index is 12.7. The predicted molar refractivity (Wildman–Crippen MR) is 78.4 cm³/mol. The summed E-state index contributed by atoms with van der Waals surface area (Å²) in [6.45, 7) is 1.47. The lowest BCUT2D eigenvalue weighted by Crippen LogP contribution is -2.44. The summed E-state index contributed by atoms with van der Waals surface area (Å²) in [7, 11) is 0. The number of aromatic nitrogens is 2. The van der Waals surface area contributed by atoms with Crippen molar-refractivity contribution in [3.8, 4) is 0 Å². The summed E-state index contributed by atoms with van der Waals surface area (Å²) < 4.78 is 0. The Kier molecular flexibility index (Phi) is 3.69. The minimum atomic E-state index is 0.111. The topological polar surface area (TPSA) is 75.0 Å². The number of nitrogens with zero attached hydrogens (tertiary/aromatic N) is 2. The van der Waals surface area contributed by atoms with Gasteiger partial charge < -0.3 is 10.6 Å². The van der Waals surface area contributed by atoms with Crippen LogP contribution in [0, 0.1) is 0 Å². The first-order chi connectivity index (χ1) is 9.79. The molecule has 3 rings (SSSR count). The second-order valence-corrected chi connectivity index (χ2v) is 5.40. The third-order valence-corrected chi connectivity index (χ3v) is 4.08. The smallest absolute Gasteiger partial charge is 0.254 e. The monoisotopic (exact) mass is 272 g/mol. The summed E-state index contributed by atoms with van der Waals surface area (Å²) in [5.41, 5.74) is 7.30. The van der Waals surface area contributed by atoms with Crippen molar-refractivity contribution in [1.82, 2.24) is 15.1 Å². The van der Waals surface area contributed by atoms with E-state index >= 15 is 0 Å². The van der Waals surface area contributed by atoms with Crippen molar-refractivity contribution < 1.29 is 4.79 Å². The predicted octanol–water partition coefficient (Wildman–Crippen LogP) is 1.91. The summed E-state index contributed by atoms with van der Waals surface area (Å²) in [6.07, 6.45) is 5.99. The number of aromatic amines is 1. The van der Waals surface area contributed by atoms with E-state index in [0.29, 0.717) is 12.6 Å². The fourth-order valence-corrected chi connectivity index (χ4v) is 3.00. The van der Waals surface area contributed by atoms with Gasteiger partial charge in [-0.2, -0.15) is 5.10 Å². The van der Waals surface area contributed by atoms with Crippen LogP contribution in [0.4, 0.5) is 0 Å². The van der Waals surface area contributed by atoms with E-state index in [1.165, 1.54) is 6.42 Å². The molecule has 1 aliphatic heterocycles. The zero-order valence-electron chi connectivity index (χ0n) is 11.5. The van der Waals surface area contributed by atoms with Gasteiger partial charge in [0, 0.05) is 23.5 Å². The van der Waals surface area contributed by atoms with E-state index in [1.807, 2.05) is 23.1 Å². The van der Waals surface area contributed by atoms with Crippen molar-refractivity contribution >= 4 is 16.8 Å². The highest BCUT2D eigenvalue weighted by atomic mass is 16.2. The number of benzene rings is 1. The third kappa shape index (κ3) is 2.41. The van der Waals surface area contributed by atoms with Crippen LogP contribution in [0.5, 0.6) is 0 Å². The van der Waals surface area contributed by atoms with Crippen molar-refractivity contribution in [1.29, 1.82) is 0 Å². The number of rotatable bonds is 3. The molecular weight excluding hydrogens is 252 g/mol. The molecule has 0 saturated carbocycles. The summed E-state index contributed by atoms with van der Waals surface area (Å²) in [6, 6.07) is 6.00. The van der Waals surface area contributed by atoms with Crippen LogP contribution in [0.3, 0.4) is 0 Å². The van der Waals surface area contributed by atoms with Crippen LogP contribution in [0.15, 0.2) is 24.4 Å². The van der Waals surface area contributed by atoms with Crippen LogP contribution < -0.4 is 5.73 Å². The van der Waals surface area contributed by atoms with Crippen LogP contribution in [-0.2, 0) is 0 Å². The lowest BCUT2D eigenvalue weighted by atomic mass is 9.98. The molecule has 2 heterocycles. The molecule has 5 nitrogen and oxygen atoms in total. The molecule has 1 aromatic carbocycles. The van der Waals surface area contributed by atoms with Gasteiger partial charge in [-0.25, -0.2) is 0 Å². The van der Waals surface area contributed by atoms with Crippen molar-refractivity contribution in [2.45, 2.75) is 31.7 Å². The molecule has 106 valence electrons. The van der Waals surface area contributed by atoms with E-state index in [2.05, 4.69) is 10.2 Å². The number of H-pyrrole nitrogens is 1. The Morgan fingerprint density at radius 2 is 2.35 bits per heavy atom. The minimum absolute atomic E-state index is 0.111. The zero-order chi connectivity index (χ0) is 13.9. The molecule has 1 aromatic heterocycles. The highest BCUT2D eigenvalue weighted by Gasteiger charge is 2.26. The number of fused-ring (bicyclic) bond motifs is 1. The summed E-state index contributed by atoms with van der Waals surface area (Å²) in [5, 5.41) is 7.93. The van der Waals surface area contributed by atoms with Crippen molar-refractivity contribution in [2.75, 3.05) is 13.1 Å². The molecule has 0 aliphatic carbocycles. The van der Waals surface area contributed by atoms with Gasteiger partial charge in [0.25, 0.3) is 5.91 Å². The maximum atomic E-state index is 12.7. The molecule has 1 saturated heterocycles. The number of piperidine rings is 1. The third-order valence-electron chi connectivity index (χ3n) is 4.08. The summed E-state index contributed by atoms with van der Waals surface area (Å²) in [4.78, 5) is 14.7. The first-order valence-corrected chi connectivity index (χ1v) is 7.24. The second-order valence-electron chi connectivity index (χ2n) is 5.40. The van der Waals surface area contributed by atoms with E-state index < -0.39 is 0 Å². The van der Waals surface area contributed by atoms with Gasteiger partial charge in [-0.3, -0.25) is 9.89 Å². The Labute approximate surface area is 118 Å². The molecule has 1 atom stereocenters. The number of carbonyl (C=O) groups excluding carboxylic acids is 1.